The topological polar surface area (TPSA) is 34.9 Å². The summed E-state index contributed by atoms with van der Waals surface area (Å²) in [4.78, 5) is 19.5. The van der Waals surface area contributed by atoms with Crippen LogP contribution in [0.2, 0.25) is 0 Å². The second-order valence-electron chi connectivity index (χ2n) is 5.72. The molecule has 0 aliphatic rings. The van der Waals surface area contributed by atoms with Crippen molar-refractivity contribution in [1.82, 2.24) is 9.55 Å². The quantitative estimate of drug-likeness (QED) is 0.453. The first-order valence-electron chi connectivity index (χ1n) is 8.14. The maximum absolute atomic E-state index is 13.7. The van der Waals surface area contributed by atoms with E-state index in [1.54, 1.807) is 23.0 Å². The normalized spacial score (nSPS) is 11.1. The Balaban J connectivity index is 1.56. The molecule has 2 aromatic carbocycles. The summed E-state index contributed by atoms with van der Waals surface area (Å²) < 4.78 is 15.3. The molecule has 2 heterocycles. The van der Waals surface area contributed by atoms with Crippen LogP contribution in [-0.2, 0) is 6.54 Å². The predicted molar refractivity (Wildman–Crippen MR) is 106 cm³/mol. The Kier molecular flexibility index (Phi) is 4.86. The highest BCUT2D eigenvalue weighted by Crippen LogP contribution is 2.30. The van der Waals surface area contributed by atoms with E-state index in [2.05, 4.69) is 4.98 Å². The lowest BCUT2D eigenvalue weighted by Crippen LogP contribution is -2.20. The molecule has 0 N–H and O–H groups in total. The molecule has 0 bridgehead atoms. The molecule has 0 spiro atoms. The zero-order valence-electron chi connectivity index (χ0n) is 13.8. The monoisotopic (exact) mass is 382 g/mol. The molecular weight excluding hydrogens is 367 g/mol. The first kappa shape index (κ1) is 17.0. The van der Waals surface area contributed by atoms with E-state index < -0.39 is 0 Å². The molecule has 130 valence electrons. The van der Waals surface area contributed by atoms with Crippen LogP contribution in [0.3, 0.4) is 0 Å². The number of aryl methyl sites for hydroxylation is 1. The van der Waals surface area contributed by atoms with Gasteiger partial charge in [0.15, 0.2) is 0 Å². The van der Waals surface area contributed by atoms with Gasteiger partial charge in [-0.2, -0.15) is 0 Å². The Morgan fingerprint density at radius 3 is 2.65 bits per heavy atom. The molecule has 3 nitrogen and oxygen atoms in total. The van der Waals surface area contributed by atoms with Gasteiger partial charge in [-0.05, 0) is 23.8 Å². The van der Waals surface area contributed by atoms with Gasteiger partial charge in [0.05, 0.1) is 11.7 Å². The summed E-state index contributed by atoms with van der Waals surface area (Å²) in [6, 6.07) is 18.5. The van der Waals surface area contributed by atoms with Gasteiger partial charge in [-0.15, -0.1) is 23.1 Å². The molecule has 0 aliphatic heterocycles. The van der Waals surface area contributed by atoms with Crippen molar-refractivity contribution >= 4 is 33.3 Å². The van der Waals surface area contributed by atoms with Crippen LogP contribution in [0.25, 0.3) is 20.7 Å². The molecule has 0 saturated carbocycles. The number of halogens is 1. The van der Waals surface area contributed by atoms with Gasteiger partial charge in [-0.25, -0.2) is 9.37 Å². The van der Waals surface area contributed by atoms with Crippen molar-refractivity contribution in [2.45, 2.75) is 11.4 Å². The Hall–Kier alpha value is -2.44. The molecule has 0 unspecified atom stereocenters. The Labute approximate surface area is 158 Å². The third-order valence-corrected chi connectivity index (χ3v) is 6.12. The minimum atomic E-state index is -0.233. The molecule has 4 aromatic rings. The van der Waals surface area contributed by atoms with E-state index in [1.165, 1.54) is 29.2 Å². The zero-order chi connectivity index (χ0) is 17.9. The van der Waals surface area contributed by atoms with Crippen molar-refractivity contribution in [1.29, 1.82) is 0 Å². The van der Waals surface area contributed by atoms with E-state index in [9.17, 15) is 9.18 Å². The molecule has 0 amide bonds. The van der Waals surface area contributed by atoms with Crippen molar-refractivity contribution < 1.29 is 4.39 Å². The van der Waals surface area contributed by atoms with Gasteiger partial charge in [0.1, 0.15) is 10.6 Å². The maximum Gasteiger partial charge on any atom is 0.262 e. The smallest absolute Gasteiger partial charge is 0.262 e. The summed E-state index contributed by atoms with van der Waals surface area (Å²) in [6.45, 7) is 0.483. The van der Waals surface area contributed by atoms with Crippen LogP contribution in [0.5, 0.6) is 0 Å². The van der Waals surface area contributed by atoms with Gasteiger partial charge in [-0.1, -0.05) is 42.5 Å². The SMILES string of the molecule is O=c1c2cc(-c3ccccc3)sc2ncn1CCSc1ccccc1F. The minimum Gasteiger partial charge on any atom is -0.298 e. The summed E-state index contributed by atoms with van der Waals surface area (Å²) >= 11 is 2.91. The summed E-state index contributed by atoms with van der Waals surface area (Å²) in [7, 11) is 0. The van der Waals surface area contributed by atoms with Crippen LogP contribution < -0.4 is 5.56 Å². The van der Waals surface area contributed by atoms with Gasteiger partial charge in [0.25, 0.3) is 5.56 Å². The van der Waals surface area contributed by atoms with Gasteiger partial charge >= 0.3 is 0 Å². The van der Waals surface area contributed by atoms with Crippen molar-refractivity contribution in [3.8, 4) is 10.4 Å². The molecule has 26 heavy (non-hydrogen) atoms. The molecule has 4 rings (SSSR count). The number of hydrogen-bond donors (Lipinski definition) is 0. The van der Waals surface area contributed by atoms with E-state index in [0.717, 1.165) is 15.3 Å². The third kappa shape index (κ3) is 3.43. The first-order chi connectivity index (χ1) is 12.7. The van der Waals surface area contributed by atoms with Gasteiger partial charge in [0.2, 0.25) is 0 Å². The first-order valence-corrected chi connectivity index (χ1v) is 9.94. The second kappa shape index (κ2) is 7.43. The summed E-state index contributed by atoms with van der Waals surface area (Å²) in [6.07, 6.45) is 1.58. The number of thioether (sulfide) groups is 1. The van der Waals surface area contributed by atoms with Gasteiger partial charge in [-0.3, -0.25) is 9.36 Å². The van der Waals surface area contributed by atoms with E-state index in [1.807, 2.05) is 42.5 Å². The number of hydrogen-bond acceptors (Lipinski definition) is 4. The summed E-state index contributed by atoms with van der Waals surface area (Å²) in [5.41, 5.74) is 1.03. The Morgan fingerprint density at radius 2 is 1.85 bits per heavy atom. The van der Waals surface area contributed by atoms with Crippen LogP contribution in [-0.4, -0.2) is 15.3 Å². The molecule has 0 fully saturated rings. The lowest BCUT2D eigenvalue weighted by Gasteiger charge is -2.05. The predicted octanol–water partition coefficient (Wildman–Crippen LogP) is 5.06. The summed E-state index contributed by atoms with van der Waals surface area (Å²) in [5.74, 6) is 0.368. The lowest BCUT2D eigenvalue weighted by molar-refractivity contribution is 0.601. The number of rotatable bonds is 5. The molecule has 0 aliphatic carbocycles. The molecule has 2 aromatic heterocycles. The van der Waals surface area contributed by atoms with E-state index in [-0.39, 0.29) is 11.4 Å². The van der Waals surface area contributed by atoms with E-state index >= 15 is 0 Å². The number of nitrogens with zero attached hydrogens (tertiary/aromatic N) is 2. The fourth-order valence-corrected chi connectivity index (χ4v) is 4.56. The minimum absolute atomic E-state index is 0.0532. The van der Waals surface area contributed by atoms with Crippen molar-refractivity contribution in [2.24, 2.45) is 0 Å². The lowest BCUT2D eigenvalue weighted by atomic mass is 10.2. The molecule has 0 atom stereocenters. The van der Waals surface area contributed by atoms with E-state index in [0.29, 0.717) is 22.6 Å². The van der Waals surface area contributed by atoms with Crippen molar-refractivity contribution in [3.05, 3.63) is 83.2 Å². The van der Waals surface area contributed by atoms with Gasteiger partial charge < -0.3 is 0 Å². The van der Waals surface area contributed by atoms with Crippen LogP contribution in [0.4, 0.5) is 4.39 Å². The number of benzene rings is 2. The van der Waals surface area contributed by atoms with Gasteiger partial charge in [0, 0.05) is 22.1 Å². The number of fused-ring (bicyclic) bond motifs is 1. The second-order valence-corrected chi connectivity index (χ2v) is 7.88. The van der Waals surface area contributed by atoms with Crippen molar-refractivity contribution in [3.63, 3.8) is 0 Å². The summed E-state index contributed by atoms with van der Waals surface area (Å²) in [5, 5.41) is 0.632. The van der Waals surface area contributed by atoms with Crippen LogP contribution >= 0.6 is 23.1 Å². The standard InChI is InChI=1S/C20H15FN2OS2/c21-16-8-4-5-9-17(16)25-11-10-23-13-22-19-15(20(23)24)12-18(26-19)14-6-2-1-3-7-14/h1-9,12-13H,10-11H2. The average molecular weight is 382 g/mol. The molecule has 6 heteroatoms. The number of aromatic nitrogens is 2. The fraction of sp³-hybridized carbons (Fsp3) is 0.100. The number of thiophene rings is 1. The highest BCUT2D eigenvalue weighted by Gasteiger charge is 2.10. The third-order valence-electron chi connectivity index (χ3n) is 4.00. The maximum atomic E-state index is 13.7. The Bertz CT molecular complexity index is 1110. The van der Waals surface area contributed by atoms with Crippen LogP contribution in [0.1, 0.15) is 0 Å². The molecular formula is C20H15FN2OS2. The van der Waals surface area contributed by atoms with Crippen LogP contribution in [0, 0.1) is 5.82 Å². The molecule has 0 saturated heterocycles. The highest BCUT2D eigenvalue weighted by atomic mass is 32.2. The Morgan fingerprint density at radius 1 is 1.08 bits per heavy atom. The highest BCUT2D eigenvalue weighted by molar-refractivity contribution is 7.99. The van der Waals surface area contributed by atoms with E-state index in [4.69, 9.17) is 0 Å². The largest absolute Gasteiger partial charge is 0.298 e. The average Bonchev–Trinajstić information content (AvgIpc) is 3.11. The fourth-order valence-electron chi connectivity index (χ4n) is 2.68. The molecule has 0 radical (unpaired) electrons. The van der Waals surface area contributed by atoms with Crippen LogP contribution in [0.15, 0.2) is 76.7 Å². The zero-order valence-corrected chi connectivity index (χ0v) is 15.4. The van der Waals surface area contributed by atoms with Crippen molar-refractivity contribution in [2.75, 3.05) is 5.75 Å².